The number of hydrogen-bond donors (Lipinski definition) is 1. The topological polar surface area (TPSA) is 32.3 Å². The van der Waals surface area contributed by atoms with E-state index in [2.05, 4.69) is 5.32 Å². The molecule has 0 saturated carbocycles. The van der Waals surface area contributed by atoms with Crippen LogP contribution in [0, 0.1) is 11.3 Å². The highest BCUT2D eigenvalue weighted by molar-refractivity contribution is 5.85. The van der Waals surface area contributed by atoms with E-state index in [1.54, 1.807) is 0 Å². The summed E-state index contributed by atoms with van der Waals surface area (Å²) < 4.78 is 37.8. The Morgan fingerprint density at radius 2 is 1.81 bits per heavy atom. The summed E-state index contributed by atoms with van der Waals surface area (Å²) in [4.78, 5) is 14.6. The van der Waals surface area contributed by atoms with Gasteiger partial charge in [-0.1, -0.05) is 19.1 Å². The molecule has 1 aromatic carbocycles. The molecule has 0 aromatic heterocycles. The molecule has 1 aromatic rings. The van der Waals surface area contributed by atoms with Gasteiger partial charge in [0.15, 0.2) is 0 Å². The van der Waals surface area contributed by atoms with E-state index in [0.717, 1.165) is 56.7 Å². The molecule has 0 radical (unpaired) electrons. The predicted molar refractivity (Wildman–Crippen MR) is 97.3 cm³/mol. The molecule has 3 nitrogen and oxygen atoms in total. The summed E-state index contributed by atoms with van der Waals surface area (Å²) in [6, 6.07) is 5.12. The second-order valence-electron chi connectivity index (χ2n) is 7.55. The quantitative estimate of drug-likeness (QED) is 0.848. The van der Waals surface area contributed by atoms with Crippen LogP contribution >= 0.6 is 12.4 Å². The highest BCUT2D eigenvalue weighted by Crippen LogP contribution is 2.37. The van der Waals surface area contributed by atoms with E-state index in [-0.39, 0.29) is 24.2 Å². The van der Waals surface area contributed by atoms with Crippen LogP contribution in [0.15, 0.2) is 24.3 Å². The first kappa shape index (κ1) is 21.0. The Bertz CT molecular complexity index is 602. The summed E-state index contributed by atoms with van der Waals surface area (Å²) in [5.41, 5.74) is 0.483. The van der Waals surface area contributed by atoms with Gasteiger partial charge in [0.05, 0.1) is 5.56 Å². The number of halogens is 4. The number of piperidine rings is 1. The Morgan fingerprint density at radius 1 is 1.19 bits per heavy atom. The van der Waals surface area contributed by atoms with Crippen LogP contribution in [-0.4, -0.2) is 37.0 Å². The van der Waals surface area contributed by atoms with Crippen molar-refractivity contribution in [2.24, 2.45) is 11.3 Å². The summed E-state index contributed by atoms with van der Waals surface area (Å²) in [6.07, 6.45) is -0.577. The van der Waals surface area contributed by atoms with Gasteiger partial charge in [-0.2, -0.15) is 13.2 Å². The van der Waals surface area contributed by atoms with Gasteiger partial charge in [-0.3, -0.25) is 4.79 Å². The van der Waals surface area contributed by atoms with Crippen molar-refractivity contribution in [3.05, 3.63) is 35.4 Å². The van der Waals surface area contributed by atoms with Gasteiger partial charge in [-0.25, -0.2) is 0 Å². The van der Waals surface area contributed by atoms with Crippen molar-refractivity contribution in [2.75, 3.05) is 26.2 Å². The van der Waals surface area contributed by atoms with Gasteiger partial charge in [0.25, 0.3) is 0 Å². The van der Waals surface area contributed by atoms with Crippen molar-refractivity contribution in [1.29, 1.82) is 0 Å². The molecule has 2 heterocycles. The SMILES string of the molecule is CC(Cc1ccc(C(F)(F)F)cc1)C(=O)N1CCC2(CCNC2)CC1.Cl. The fraction of sp³-hybridized carbons (Fsp3) is 0.632. The van der Waals surface area contributed by atoms with Crippen LogP contribution in [0.1, 0.15) is 37.3 Å². The summed E-state index contributed by atoms with van der Waals surface area (Å²) in [6.45, 7) is 5.56. The Balaban J connectivity index is 0.00000243. The van der Waals surface area contributed by atoms with E-state index in [9.17, 15) is 18.0 Å². The maximum absolute atomic E-state index is 12.7. The molecule has 1 N–H and O–H groups in total. The minimum atomic E-state index is -4.32. The van der Waals surface area contributed by atoms with Crippen molar-refractivity contribution < 1.29 is 18.0 Å². The van der Waals surface area contributed by atoms with Crippen LogP contribution in [0.4, 0.5) is 13.2 Å². The second-order valence-corrected chi connectivity index (χ2v) is 7.55. The maximum Gasteiger partial charge on any atom is 0.416 e. The normalized spacial score (nSPS) is 20.7. The van der Waals surface area contributed by atoms with Crippen LogP contribution in [0.25, 0.3) is 0 Å². The molecule has 1 unspecified atom stereocenters. The van der Waals surface area contributed by atoms with Crippen molar-refractivity contribution in [3.63, 3.8) is 0 Å². The molecule has 146 valence electrons. The van der Waals surface area contributed by atoms with E-state index in [4.69, 9.17) is 0 Å². The zero-order valence-electron chi connectivity index (χ0n) is 14.9. The first-order valence-electron chi connectivity index (χ1n) is 8.95. The van der Waals surface area contributed by atoms with Gasteiger partial charge >= 0.3 is 6.18 Å². The highest BCUT2D eigenvalue weighted by Gasteiger charge is 2.38. The fourth-order valence-electron chi connectivity index (χ4n) is 4.01. The molecule has 1 spiro atoms. The zero-order chi connectivity index (χ0) is 18.1. The molecular weight excluding hydrogens is 365 g/mol. The lowest BCUT2D eigenvalue weighted by Crippen LogP contribution is -2.46. The van der Waals surface area contributed by atoms with E-state index in [1.807, 2.05) is 11.8 Å². The zero-order valence-corrected chi connectivity index (χ0v) is 15.8. The fourth-order valence-corrected chi connectivity index (χ4v) is 4.01. The Hall–Kier alpha value is -1.27. The van der Waals surface area contributed by atoms with E-state index >= 15 is 0 Å². The number of benzene rings is 1. The highest BCUT2D eigenvalue weighted by atomic mass is 35.5. The third-order valence-corrected chi connectivity index (χ3v) is 5.71. The predicted octanol–water partition coefficient (Wildman–Crippen LogP) is 3.91. The average Bonchev–Trinajstić information content (AvgIpc) is 3.03. The number of nitrogens with one attached hydrogen (secondary N) is 1. The lowest BCUT2D eigenvalue weighted by Gasteiger charge is -2.39. The van der Waals surface area contributed by atoms with Crippen LogP contribution < -0.4 is 5.32 Å². The van der Waals surface area contributed by atoms with Crippen molar-refractivity contribution >= 4 is 18.3 Å². The molecule has 2 saturated heterocycles. The summed E-state index contributed by atoms with van der Waals surface area (Å²) in [7, 11) is 0. The molecule has 2 fully saturated rings. The summed E-state index contributed by atoms with van der Waals surface area (Å²) in [5, 5.41) is 3.41. The summed E-state index contributed by atoms with van der Waals surface area (Å²) in [5.74, 6) is -0.104. The molecule has 2 aliphatic heterocycles. The van der Waals surface area contributed by atoms with Crippen LogP contribution in [0.2, 0.25) is 0 Å². The lowest BCUT2D eigenvalue weighted by atomic mass is 9.77. The standard InChI is InChI=1S/C19H25F3N2O.ClH/c1-14(12-15-2-4-16(5-3-15)19(20,21)22)17(25)24-10-7-18(8-11-24)6-9-23-13-18;/h2-5,14,23H,6-13H2,1H3;1H. The third-order valence-electron chi connectivity index (χ3n) is 5.71. The Labute approximate surface area is 158 Å². The first-order chi connectivity index (χ1) is 11.8. The number of carbonyl (C=O) groups excluding carboxylic acids is 1. The van der Waals surface area contributed by atoms with Crippen LogP contribution in [0.5, 0.6) is 0 Å². The molecule has 3 rings (SSSR count). The van der Waals surface area contributed by atoms with Crippen molar-refractivity contribution in [3.8, 4) is 0 Å². The number of nitrogens with zero attached hydrogens (tertiary/aromatic N) is 1. The number of rotatable bonds is 3. The molecular formula is C19H26ClF3N2O. The largest absolute Gasteiger partial charge is 0.416 e. The third kappa shape index (κ3) is 4.71. The molecule has 0 aliphatic carbocycles. The smallest absolute Gasteiger partial charge is 0.342 e. The molecule has 1 atom stereocenters. The molecule has 2 aliphatic rings. The van der Waals surface area contributed by atoms with Gasteiger partial charge in [-0.15, -0.1) is 12.4 Å². The van der Waals surface area contributed by atoms with Gasteiger partial charge in [0.2, 0.25) is 5.91 Å². The average molecular weight is 391 g/mol. The van der Waals surface area contributed by atoms with Gasteiger partial charge in [0, 0.05) is 25.6 Å². The molecule has 7 heteroatoms. The number of amides is 1. The number of likely N-dealkylation sites (tertiary alicyclic amines) is 1. The van der Waals surface area contributed by atoms with E-state index < -0.39 is 11.7 Å². The first-order valence-corrected chi connectivity index (χ1v) is 8.95. The second kappa shape index (κ2) is 8.17. The molecule has 0 bridgehead atoms. The van der Waals surface area contributed by atoms with Gasteiger partial charge < -0.3 is 10.2 Å². The number of alkyl halides is 3. The number of carbonyl (C=O) groups is 1. The lowest BCUT2D eigenvalue weighted by molar-refractivity contribution is -0.138. The number of hydrogen-bond acceptors (Lipinski definition) is 2. The van der Waals surface area contributed by atoms with Crippen molar-refractivity contribution in [2.45, 2.75) is 38.8 Å². The summed E-state index contributed by atoms with van der Waals surface area (Å²) >= 11 is 0. The maximum atomic E-state index is 12.7. The van der Waals surface area contributed by atoms with Gasteiger partial charge in [-0.05, 0) is 55.3 Å². The Morgan fingerprint density at radius 3 is 2.31 bits per heavy atom. The van der Waals surface area contributed by atoms with Crippen LogP contribution in [0.3, 0.4) is 0 Å². The molecule has 26 heavy (non-hydrogen) atoms. The van der Waals surface area contributed by atoms with Crippen LogP contribution in [-0.2, 0) is 17.4 Å². The van der Waals surface area contributed by atoms with Gasteiger partial charge in [0.1, 0.15) is 0 Å². The molecule has 1 amide bonds. The minimum Gasteiger partial charge on any atom is -0.342 e. The Kier molecular flexibility index (Phi) is 6.61. The minimum absolute atomic E-state index is 0. The van der Waals surface area contributed by atoms with E-state index in [0.29, 0.717) is 11.8 Å². The monoisotopic (exact) mass is 390 g/mol. The van der Waals surface area contributed by atoms with Crippen molar-refractivity contribution in [1.82, 2.24) is 10.2 Å². The van der Waals surface area contributed by atoms with E-state index in [1.165, 1.54) is 18.6 Å².